The molecule has 2 N–H and O–H groups in total. The van der Waals surface area contributed by atoms with Crippen LogP contribution in [0.15, 0.2) is 66.2 Å². The molecule has 0 atom stereocenters. The number of halogens is 4. The van der Waals surface area contributed by atoms with Gasteiger partial charge >= 0.3 is 6.03 Å². The van der Waals surface area contributed by atoms with Gasteiger partial charge in [0.05, 0.1) is 26.4 Å². The Hall–Kier alpha value is -3.92. The molecule has 0 aromatic heterocycles. The van der Waals surface area contributed by atoms with Crippen LogP contribution in [0.25, 0.3) is 6.08 Å². The van der Waals surface area contributed by atoms with Crippen molar-refractivity contribution in [2.45, 2.75) is 0 Å². The monoisotopic (exact) mass is 561 g/mol. The number of urea groups is 1. The fraction of sp³-hybridized carbons (Fsp3) is 0.0400. The molecule has 3 aromatic rings. The summed E-state index contributed by atoms with van der Waals surface area (Å²) in [4.78, 5) is 50.7. The van der Waals surface area contributed by atoms with E-state index in [1.807, 2.05) is 0 Å². The van der Waals surface area contributed by atoms with Crippen molar-refractivity contribution >= 4 is 76.0 Å². The number of carbonyl (C=O) groups is 4. The maximum absolute atomic E-state index is 13.7. The van der Waals surface area contributed by atoms with Crippen molar-refractivity contribution in [2.24, 2.45) is 0 Å². The Morgan fingerprint density at radius 2 is 1.76 bits per heavy atom. The van der Waals surface area contributed by atoms with Crippen molar-refractivity contribution in [3.63, 3.8) is 0 Å². The molecule has 0 aliphatic carbocycles. The second-order valence-electron chi connectivity index (χ2n) is 7.54. The zero-order valence-corrected chi connectivity index (χ0v) is 20.8. The van der Waals surface area contributed by atoms with E-state index in [9.17, 15) is 23.6 Å². The highest BCUT2D eigenvalue weighted by atomic mass is 35.5. The van der Waals surface area contributed by atoms with Crippen LogP contribution >= 0.6 is 34.8 Å². The maximum Gasteiger partial charge on any atom is 0.336 e. The fourth-order valence-electron chi connectivity index (χ4n) is 3.32. The number of hydrogen-bond donors (Lipinski definition) is 2. The molecule has 0 radical (unpaired) electrons. The summed E-state index contributed by atoms with van der Waals surface area (Å²) in [6, 6.07) is 13.4. The number of carbonyl (C=O) groups excluding carboxylic acids is 4. The molecule has 3 aromatic carbocycles. The van der Waals surface area contributed by atoms with E-state index in [1.54, 1.807) is 6.07 Å². The highest BCUT2D eigenvalue weighted by molar-refractivity contribution is 6.46. The van der Waals surface area contributed by atoms with Crippen molar-refractivity contribution < 1.29 is 28.3 Å². The van der Waals surface area contributed by atoms with E-state index in [1.165, 1.54) is 60.7 Å². The van der Waals surface area contributed by atoms with Crippen LogP contribution in [0.1, 0.15) is 5.56 Å². The Kier molecular flexibility index (Phi) is 7.77. The van der Waals surface area contributed by atoms with Crippen molar-refractivity contribution in [2.75, 3.05) is 16.8 Å². The fourth-order valence-corrected chi connectivity index (χ4v) is 3.95. The zero-order chi connectivity index (χ0) is 26.7. The lowest BCUT2D eigenvalue weighted by Crippen LogP contribution is -2.54. The van der Waals surface area contributed by atoms with Gasteiger partial charge in [-0.05, 0) is 48.0 Å². The standard InChI is InChI=1S/C25H15Cl3FN3O5/c26-15-4-3-7-19(22(15)28)32-24(35)14(23(34)31-25(32)36)10-13-8-9-20(16(27)11-13)37-12-21(33)30-18-6-2-1-5-17(18)29/h1-11H,12H2,(H,30,33)(H,31,34,36)/b14-10+. The van der Waals surface area contributed by atoms with Gasteiger partial charge in [-0.3, -0.25) is 19.7 Å². The van der Waals surface area contributed by atoms with Gasteiger partial charge in [-0.15, -0.1) is 0 Å². The summed E-state index contributed by atoms with van der Waals surface area (Å²) in [6.45, 7) is -0.452. The van der Waals surface area contributed by atoms with Crippen molar-refractivity contribution in [3.05, 3.63) is 92.7 Å². The summed E-state index contributed by atoms with van der Waals surface area (Å²) in [6.07, 6.45) is 1.23. The molecule has 8 nitrogen and oxygen atoms in total. The third-order valence-electron chi connectivity index (χ3n) is 5.05. The van der Waals surface area contributed by atoms with E-state index in [4.69, 9.17) is 39.5 Å². The first kappa shape index (κ1) is 26.2. The molecule has 1 aliphatic heterocycles. The molecular weight excluding hydrogens is 548 g/mol. The number of nitrogens with one attached hydrogen (secondary N) is 2. The number of ether oxygens (including phenoxy) is 1. The Balaban J connectivity index is 1.51. The molecule has 4 rings (SSSR count). The van der Waals surface area contributed by atoms with E-state index >= 15 is 0 Å². The normalized spacial score (nSPS) is 14.5. The van der Waals surface area contributed by atoms with Gasteiger partial charge in [0.1, 0.15) is 17.1 Å². The highest BCUT2D eigenvalue weighted by Crippen LogP contribution is 2.34. The van der Waals surface area contributed by atoms with E-state index in [2.05, 4.69) is 10.6 Å². The number of rotatable bonds is 6. The Morgan fingerprint density at radius 3 is 2.49 bits per heavy atom. The number of barbiturate groups is 1. The number of nitrogens with zero attached hydrogens (tertiary/aromatic N) is 1. The number of imide groups is 2. The third-order valence-corrected chi connectivity index (χ3v) is 6.15. The number of para-hydroxylation sites is 1. The number of anilines is 2. The zero-order valence-electron chi connectivity index (χ0n) is 18.6. The van der Waals surface area contributed by atoms with Gasteiger partial charge in [0.25, 0.3) is 17.7 Å². The summed E-state index contributed by atoms with van der Waals surface area (Å²) in [7, 11) is 0. The number of benzene rings is 3. The maximum atomic E-state index is 13.7. The SMILES string of the molecule is O=C(COc1ccc(/C=C2\C(=O)NC(=O)N(c3cccc(Cl)c3Cl)C2=O)cc1Cl)Nc1ccccc1F. The van der Waals surface area contributed by atoms with Gasteiger partial charge in [-0.25, -0.2) is 14.1 Å². The van der Waals surface area contributed by atoms with Crippen LogP contribution in [0.4, 0.5) is 20.6 Å². The first-order valence-corrected chi connectivity index (χ1v) is 11.6. The summed E-state index contributed by atoms with van der Waals surface area (Å²) < 4.78 is 19.1. The van der Waals surface area contributed by atoms with E-state index < -0.39 is 36.2 Å². The lowest BCUT2D eigenvalue weighted by molar-refractivity contribution is -0.122. The summed E-state index contributed by atoms with van der Waals surface area (Å²) in [5, 5.41) is 4.62. The molecule has 0 bridgehead atoms. The Labute approximate surface area is 224 Å². The minimum atomic E-state index is -0.980. The molecule has 12 heteroatoms. The molecule has 37 heavy (non-hydrogen) atoms. The van der Waals surface area contributed by atoms with E-state index in [0.29, 0.717) is 10.5 Å². The van der Waals surface area contributed by atoms with Crippen LogP contribution in [0.5, 0.6) is 5.75 Å². The topological polar surface area (TPSA) is 105 Å². The molecule has 1 heterocycles. The Morgan fingerprint density at radius 1 is 1.00 bits per heavy atom. The molecule has 0 saturated carbocycles. The largest absolute Gasteiger partial charge is 0.482 e. The van der Waals surface area contributed by atoms with Gasteiger partial charge < -0.3 is 10.1 Å². The van der Waals surface area contributed by atoms with Gasteiger partial charge in [0.15, 0.2) is 6.61 Å². The summed E-state index contributed by atoms with van der Waals surface area (Å²) in [5.41, 5.74) is -0.0144. The van der Waals surface area contributed by atoms with Crippen LogP contribution in [-0.2, 0) is 14.4 Å². The van der Waals surface area contributed by atoms with Gasteiger partial charge in [-0.2, -0.15) is 0 Å². The average Bonchev–Trinajstić information content (AvgIpc) is 2.85. The van der Waals surface area contributed by atoms with Crippen LogP contribution in [0.2, 0.25) is 15.1 Å². The third kappa shape index (κ3) is 5.75. The first-order chi connectivity index (χ1) is 17.7. The summed E-state index contributed by atoms with van der Waals surface area (Å²) >= 11 is 18.4. The second-order valence-corrected chi connectivity index (χ2v) is 8.73. The van der Waals surface area contributed by atoms with Crippen LogP contribution < -0.4 is 20.3 Å². The minimum Gasteiger partial charge on any atom is -0.482 e. The molecule has 1 aliphatic rings. The molecule has 0 spiro atoms. The first-order valence-electron chi connectivity index (χ1n) is 10.5. The molecule has 1 saturated heterocycles. The van der Waals surface area contributed by atoms with Crippen LogP contribution in [0.3, 0.4) is 0 Å². The summed E-state index contributed by atoms with van der Waals surface area (Å²) in [5.74, 6) is -2.90. The Bertz CT molecular complexity index is 1480. The predicted molar refractivity (Wildman–Crippen MR) is 137 cm³/mol. The molecule has 188 valence electrons. The minimum absolute atomic E-state index is 0.00510. The van der Waals surface area contributed by atoms with Gasteiger partial charge in [0.2, 0.25) is 0 Å². The average molecular weight is 563 g/mol. The lowest BCUT2D eigenvalue weighted by atomic mass is 10.1. The van der Waals surface area contributed by atoms with Crippen molar-refractivity contribution in [1.29, 1.82) is 0 Å². The quantitative estimate of drug-likeness (QED) is 0.306. The second kappa shape index (κ2) is 11.0. The van der Waals surface area contributed by atoms with Crippen molar-refractivity contribution in [1.82, 2.24) is 5.32 Å². The number of amides is 5. The number of hydrogen-bond acceptors (Lipinski definition) is 5. The molecule has 1 fully saturated rings. The van der Waals surface area contributed by atoms with E-state index in [-0.39, 0.29) is 37.8 Å². The van der Waals surface area contributed by atoms with Gasteiger partial charge in [-0.1, -0.05) is 59.1 Å². The predicted octanol–water partition coefficient (Wildman–Crippen LogP) is 5.47. The van der Waals surface area contributed by atoms with Gasteiger partial charge in [0, 0.05) is 0 Å². The van der Waals surface area contributed by atoms with Crippen LogP contribution in [-0.4, -0.2) is 30.4 Å². The highest BCUT2D eigenvalue weighted by Gasteiger charge is 2.38. The van der Waals surface area contributed by atoms with Crippen molar-refractivity contribution in [3.8, 4) is 5.75 Å². The smallest absolute Gasteiger partial charge is 0.336 e. The van der Waals surface area contributed by atoms with E-state index in [0.717, 1.165) is 0 Å². The lowest BCUT2D eigenvalue weighted by Gasteiger charge is -2.27. The molecular formula is C25H15Cl3FN3O5. The van der Waals surface area contributed by atoms with Crippen LogP contribution in [0, 0.1) is 5.82 Å². The molecule has 5 amide bonds. The molecule has 0 unspecified atom stereocenters.